The summed E-state index contributed by atoms with van der Waals surface area (Å²) in [5, 5.41) is 1.22. The predicted octanol–water partition coefficient (Wildman–Crippen LogP) is 3.30. The van der Waals surface area contributed by atoms with Crippen LogP contribution in [0.4, 0.5) is 0 Å². The second-order valence-electron chi connectivity index (χ2n) is 3.69. The molecule has 0 aliphatic heterocycles. The molecule has 1 aromatic rings. The van der Waals surface area contributed by atoms with Crippen molar-refractivity contribution >= 4 is 49.2 Å². The monoisotopic (exact) mass is 359 g/mol. The van der Waals surface area contributed by atoms with Crippen LogP contribution in [-0.2, 0) is 10.0 Å². The van der Waals surface area contributed by atoms with Crippen molar-refractivity contribution in [1.82, 2.24) is 4.72 Å². The van der Waals surface area contributed by atoms with E-state index >= 15 is 0 Å². The van der Waals surface area contributed by atoms with Gasteiger partial charge in [-0.1, -0.05) is 46.1 Å². The second-order valence-corrected chi connectivity index (χ2v) is 6.91. The Bertz CT molecular complexity index is 493. The van der Waals surface area contributed by atoms with E-state index in [1.54, 1.807) is 6.07 Å². The number of benzene rings is 1. The van der Waals surface area contributed by atoms with Crippen molar-refractivity contribution in [2.24, 2.45) is 5.92 Å². The zero-order valence-corrected chi connectivity index (χ0v) is 13.0. The van der Waals surface area contributed by atoms with Crippen molar-refractivity contribution in [2.45, 2.75) is 11.8 Å². The molecule has 1 atom stereocenters. The normalized spacial score (nSPS) is 13.6. The van der Waals surface area contributed by atoms with Crippen molar-refractivity contribution in [3.8, 4) is 0 Å². The smallest absolute Gasteiger partial charge is 0.211 e. The molecule has 17 heavy (non-hydrogen) atoms. The number of hydrogen-bond donors (Lipinski definition) is 1. The molecule has 1 aromatic carbocycles. The molecule has 1 rings (SSSR count). The number of rotatable bonds is 5. The van der Waals surface area contributed by atoms with E-state index in [4.69, 9.17) is 23.2 Å². The van der Waals surface area contributed by atoms with Crippen LogP contribution in [0, 0.1) is 5.92 Å². The molecule has 0 aliphatic rings. The van der Waals surface area contributed by atoms with E-state index in [1.165, 1.54) is 12.1 Å². The average Bonchev–Trinajstić information content (AvgIpc) is 2.29. The minimum Gasteiger partial charge on any atom is -0.211 e. The molecule has 1 unspecified atom stereocenters. The van der Waals surface area contributed by atoms with E-state index in [0.717, 1.165) is 5.33 Å². The summed E-state index contributed by atoms with van der Waals surface area (Å²) in [6, 6.07) is 4.35. The lowest BCUT2D eigenvalue weighted by Crippen LogP contribution is -2.29. The summed E-state index contributed by atoms with van der Waals surface area (Å²) in [7, 11) is -3.61. The van der Waals surface area contributed by atoms with Gasteiger partial charge in [0.1, 0.15) is 4.90 Å². The SMILES string of the molecule is CC(CBr)CNS(=O)(=O)c1cc(Cl)ccc1Cl. The third-order valence-electron chi connectivity index (χ3n) is 2.07. The largest absolute Gasteiger partial charge is 0.242 e. The number of nitrogens with one attached hydrogen (secondary N) is 1. The van der Waals surface area contributed by atoms with Gasteiger partial charge in [-0.05, 0) is 24.1 Å². The van der Waals surface area contributed by atoms with Crippen molar-refractivity contribution in [1.29, 1.82) is 0 Å². The third-order valence-corrected chi connectivity index (χ3v) is 5.31. The average molecular weight is 361 g/mol. The second kappa shape index (κ2) is 6.38. The molecule has 0 amide bonds. The molecular formula is C10H12BrCl2NO2S. The lowest BCUT2D eigenvalue weighted by atomic mass is 10.2. The highest BCUT2D eigenvalue weighted by Crippen LogP contribution is 2.24. The van der Waals surface area contributed by atoms with E-state index in [2.05, 4.69) is 20.7 Å². The van der Waals surface area contributed by atoms with Gasteiger partial charge in [0.2, 0.25) is 10.0 Å². The maximum absolute atomic E-state index is 12.0. The molecule has 0 saturated heterocycles. The summed E-state index contributed by atoms with van der Waals surface area (Å²) in [5.74, 6) is 0.197. The molecule has 0 radical (unpaired) electrons. The topological polar surface area (TPSA) is 46.2 Å². The van der Waals surface area contributed by atoms with E-state index in [-0.39, 0.29) is 15.8 Å². The molecule has 1 N–H and O–H groups in total. The van der Waals surface area contributed by atoms with Gasteiger partial charge in [0.25, 0.3) is 0 Å². The molecule has 0 spiro atoms. The van der Waals surface area contributed by atoms with Crippen LogP contribution in [0.3, 0.4) is 0 Å². The minimum atomic E-state index is -3.61. The summed E-state index contributed by atoms with van der Waals surface area (Å²) < 4.78 is 26.4. The Morgan fingerprint density at radius 2 is 2.06 bits per heavy atom. The van der Waals surface area contributed by atoms with E-state index in [1.807, 2.05) is 6.92 Å². The summed E-state index contributed by atoms with van der Waals surface area (Å²) in [4.78, 5) is 0.00781. The van der Waals surface area contributed by atoms with Gasteiger partial charge in [-0.2, -0.15) is 0 Å². The Morgan fingerprint density at radius 1 is 1.41 bits per heavy atom. The standard InChI is InChI=1S/C10H12BrCl2NO2S/c1-7(5-11)6-14-17(15,16)10-4-8(12)2-3-9(10)13/h2-4,7,14H,5-6H2,1H3. The molecule has 0 heterocycles. The van der Waals surface area contributed by atoms with E-state index in [9.17, 15) is 8.42 Å². The van der Waals surface area contributed by atoms with Crippen LogP contribution in [0.15, 0.2) is 23.1 Å². The highest BCUT2D eigenvalue weighted by molar-refractivity contribution is 9.09. The Kier molecular flexibility index (Phi) is 5.73. The fourth-order valence-corrected chi connectivity index (χ4v) is 3.22. The number of alkyl halides is 1. The molecule has 0 fully saturated rings. The molecule has 0 aromatic heterocycles. The molecule has 0 aliphatic carbocycles. The van der Waals surface area contributed by atoms with Crippen LogP contribution < -0.4 is 4.72 Å². The maximum Gasteiger partial charge on any atom is 0.242 e. The summed E-state index contributed by atoms with van der Waals surface area (Å²) in [6.45, 7) is 2.27. The predicted molar refractivity (Wildman–Crippen MR) is 74.6 cm³/mol. The summed E-state index contributed by atoms with van der Waals surface area (Å²) in [5.41, 5.74) is 0. The van der Waals surface area contributed by atoms with Gasteiger partial charge < -0.3 is 0 Å². The lowest BCUT2D eigenvalue weighted by Gasteiger charge is -2.11. The Balaban J connectivity index is 2.93. The number of halogens is 3. The summed E-state index contributed by atoms with van der Waals surface area (Å²) >= 11 is 14.9. The molecule has 0 saturated carbocycles. The zero-order valence-electron chi connectivity index (χ0n) is 9.08. The van der Waals surface area contributed by atoms with Crippen molar-refractivity contribution < 1.29 is 8.42 Å². The van der Waals surface area contributed by atoms with Gasteiger partial charge in [-0.3, -0.25) is 0 Å². The molecule has 0 bridgehead atoms. The van der Waals surface area contributed by atoms with Gasteiger partial charge in [0.15, 0.2) is 0 Å². The van der Waals surface area contributed by atoms with Gasteiger partial charge in [0, 0.05) is 16.9 Å². The van der Waals surface area contributed by atoms with Gasteiger partial charge in [-0.15, -0.1) is 0 Å². The van der Waals surface area contributed by atoms with Crippen molar-refractivity contribution in [3.05, 3.63) is 28.2 Å². The van der Waals surface area contributed by atoms with Crippen molar-refractivity contribution in [2.75, 3.05) is 11.9 Å². The first-order chi connectivity index (χ1) is 7.86. The van der Waals surface area contributed by atoms with Crippen LogP contribution in [-0.4, -0.2) is 20.3 Å². The first-order valence-corrected chi connectivity index (χ1v) is 8.23. The van der Waals surface area contributed by atoms with Crippen LogP contribution in [0.25, 0.3) is 0 Å². The van der Waals surface area contributed by atoms with Crippen molar-refractivity contribution in [3.63, 3.8) is 0 Å². The first kappa shape index (κ1) is 15.2. The molecule has 3 nitrogen and oxygen atoms in total. The fraction of sp³-hybridized carbons (Fsp3) is 0.400. The third kappa shape index (κ3) is 4.41. The lowest BCUT2D eigenvalue weighted by molar-refractivity contribution is 0.563. The van der Waals surface area contributed by atoms with Crippen LogP contribution >= 0.6 is 39.1 Å². The van der Waals surface area contributed by atoms with E-state index in [0.29, 0.717) is 11.6 Å². The Hall–Kier alpha value is 0.190. The zero-order chi connectivity index (χ0) is 13.1. The molecule has 96 valence electrons. The van der Waals surface area contributed by atoms with Gasteiger partial charge >= 0.3 is 0 Å². The van der Waals surface area contributed by atoms with Crippen LogP contribution in [0.5, 0.6) is 0 Å². The van der Waals surface area contributed by atoms with E-state index < -0.39 is 10.0 Å². The first-order valence-electron chi connectivity index (χ1n) is 4.87. The van der Waals surface area contributed by atoms with Crippen LogP contribution in [0.2, 0.25) is 10.0 Å². The maximum atomic E-state index is 12.0. The number of hydrogen-bond acceptors (Lipinski definition) is 2. The number of sulfonamides is 1. The van der Waals surface area contributed by atoms with Crippen LogP contribution in [0.1, 0.15) is 6.92 Å². The molecular weight excluding hydrogens is 349 g/mol. The Labute approximate surface area is 120 Å². The highest BCUT2D eigenvalue weighted by atomic mass is 79.9. The summed E-state index contributed by atoms with van der Waals surface area (Å²) in [6.07, 6.45) is 0. The Morgan fingerprint density at radius 3 is 2.65 bits per heavy atom. The van der Waals surface area contributed by atoms with Gasteiger partial charge in [-0.25, -0.2) is 13.1 Å². The quantitative estimate of drug-likeness (QED) is 0.819. The van der Waals surface area contributed by atoms with Gasteiger partial charge in [0.05, 0.1) is 5.02 Å². The minimum absolute atomic E-state index is 0.00781. The fourth-order valence-electron chi connectivity index (χ4n) is 1.07. The molecule has 7 heteroatoms. The highest BCUT2D eigenvalue weighted by Gasteiger charge is 2.18.